The lowest BCUT2D eigenvalue weighted by molar-refractivity contribution is -0.146. The minimum absolute atomic E-state index is 0.00503. The van der Waals surface area contributed by atoms with Crippen LogP contribution in [0.4, 0.5) is 4.79 Å². The van der Waals surface area contributed by atoms with E-state index >= 15 is 0 Å². The number of carbonyl (C=O) groups excluding carboxylic acids is 3. The molecule has 0 bridgehead atoms. The summed E-state index contributed by atoms with van der Waals surface area (Å²) in [5, 5.41) is 15.2. The van der Waals surface area contributed by atoms with Crippen molar-refractivity contribution in [3.63, 3.8) is 0 Å². The highest BCUT2D eigenvalue weighted by Crippen LogP contribution is 2.44. The van der Waals surface area contributed by atoms with Crippen LogP contribution in [0.15, 0.2) is 116 Å². The Morgan fingerprint density at radius 3 is 1.93 bits per heavy atom. The number of amides is 2. The van der Waals surface area contributed by atoms with Crippen molar-refractivity contribution in [2.75, 3.05) is 13.2 Å². The molecule has 0 fully saturated rings. The predicted octanol–water partition coefficient (Wildman–Crippen LogP) is 5.30. The molecule has 0 aromatic heterocycles. The molecule has 2 amide bonds. The average Bonchev–Trinajstić information content (AvgIpc) is 3.37. The van der Waals surface area contributed by atoms with E-state index in [9.17, 15) is 19.5 Å². The zero-order valence-electron chi connectivity index (χ0n) is 24.1. The maximum atomic E-state index is 13.7. The van der Waals surface area contributed by atoms with E-state index in [-0.39, 0.29) is 37.7 Å². The second kappa shape index (κ2) is 14.2. The zero-order valence-corrected chi connectivity index (χ0v) is 24.1. The second-order valence-corrected chi connectivity index (χ2v) is 10.6. The van der Waals surface area contributed by atoms with E-state index in [0.717, 1.165) is 27.8 Å². The monoisotopic (exact) mass is 590 g/mol. The van der Waals surface area contributed by atoms with Crippen LogP contribution in [0.2, 0.25) is 0 Å². The van der Waals surface area contributed by atoms with E-state index in [2.05, 4.69) is 29.3 Å². The lowest BCUT2D eigenvalue weighted by Crippen LogP contribution is -2.53. The van der Waals surface area contributed by atoms with Crippen LogP contribution in [0.1, 0.15) is 28.2 Å². The Balaban J connectivity index is 1.31. The van der Waals surface area contributed by atoms with Gasteiger partial charge in [0.05, 0.1) is 0 Å². The van der Waals surface area contributed by atoms with Gasteiger partial charge in [-0.2, -0.15) is 0 Å². The second-order valence-electron chi connectivity index (χ2n) is 10.6. The molecule has 4 aromatic rings. The molecule has 0 spiro atoms. The summed E-state index contributed by atoms with van der Waals surface area (Å²) < 4.78 is 11.0. The molecule has 1 aliphatic carbocycles. The van der Waals surface area contributed by atoms with Crippen molar-refractivity contribution in [3.05, 3.63) is 138 Å². The number of carbonyl (C=O) groups is 3. The van der Waals surface area contributed by atoms with Crippen molar-refractivity contribution >= 4 is 18.0 Å². The molecule has 0 heterocycles. The van der Waals surface area contributed by atoms with Crippen LogP contribution in [0.25, 0.3) is 11.1 Å². The fourth-order valence-corrected chi connectivity index (χ4v) is 5.42. The van der Waals surface area contributed by atoms with Crippen LogP contribution in [0.5, 0.6) is 5.75 Å². The number of rotatable bonds is 12. The number of benzene rings is 4. The molecule has 224 valence electrons. The number of hydrogen-bond donors (Lipinski definition) is 3. The van der Waals surface area contributed by atoms with Gasteiger partial charge in [0.1, 0.15) is 31.0 Å². The Morgan fingerprint density at radius 2 is 1.30 bits per heavy atom. The molecule has 2 atom stereocenters. The molecule has 8 nitrogen and oxygen atoms in total. The van der Waals surface area contributed by atoms with Crippen LogP contribution in [-0.2, 0) is 31.9 Å². The first kappa shape index (κ1) is 30.1. The minimum atomic E-state index is -1.08. The van der Waals surface area contributed by atoms with Crippen LogP contribution >= 0.6 is 0 Å². The maximum Gasteiger partial charge on any atom is 0.407 e. The highest BCUT2D eigenvalue weighted by molar-refractivity contribution is 5.90. The number of esters is 1. The molecule has 4 aromatic carbocycles. The van der Waals surface area contributed by atoms with Gasteiger partial charge in [-0.3, -0.25) is 4.79 Å². The molecule has 0 unspecified atom stereocenters. The van der Waals surface area contributed by atoms with E-state index in [1.807, 2.05) is 66.7 Å². The highest BCUT2D eigenvalue weighted by atomic mass is 16.5. The number of nitrogens with one attached hydrogen (secondary N) is 2. The van der Waals surface area contributed by atoms with Gasteiger partial charge in [-0.05, 0) is 45.5 Å². The van der Waals surface area contributed by atoms with Crippen LogP contribution in [-0.4, -0.2) is 48.4 Å². The molecule has 1 aliphatic rings. The lowest BCUT2D eigenvalue weighted by atomic mass is 9.98. The van der Waals surface area contributed by atoms with Crippen molar-refractivity contribution in [2.24, 2.45) is 0 Å². The normalized spacial score (nSPS) is 13.1. The maximum absolute atomic E-state index is 13.7. The van der Waals surface area contributed by atoms with Gasteiger partial charge in [0, 0.05) is 18.8 Å². The van der Waals surface area contributed by atoms with Gasteiger partial charge < -0.3 is 25.2 Å². The van der Waals surface area contributed by atoms with Gasteiger partial charge in [0.25, 0.3) is 0 Å². The topological polar surface area (TPSA) is 114 Å². The van der Waals surface area contributed by atoms with Crippen LogP contribution in [0.3, 0.4) is 0 Å². The molecule has 0 saturated heterocycles. The fourth-order valence-electron chi connectivity index (χ4n) is 5.42. The molecule has 3 N–H and O–H groups in total. The number of aromatic hydroxyl groups is 1. The van der Waals surface area contributed by atoms with E-state index in [1.165, 1.54) is 18.2 Å². The number of hydrogen-bond acceptors (Lipinski definition) is 6. The number of fused-ring (bicyclic) bond motifs is 3. The number of ether oxygens (including phenoxy) is 2. The minimum Gasteiger partial charge on any atom is -0.508 e. The summed E-state index contributed by atoms with van der Waals surface area (Å²) in [7, 11) is 0. The third-order valence-corrected chi connectivity index (χ3v) is 7.56. The molecule has 5 rings (SSSR count). The van der Waals surface area contributed by atoms with Crippen LogP contribution in [0, 0.1) is 0 Å². The summed E-state index contributed by atoms with van der Waals surface area (Å²) in [6.07, 6.45) is 0.973. The van der Waals surface area contributed by atoms with Gasteiger partial charge in [0.15, 0.2) is 0 Å². The number of alkyl carbamates (subject to hydrolysis) is 1. The summed E-state index contributed by atoms with van der Waals surface area (Å²) in [5.41, 5.74) is 5.87. The first-order valence-corrected chi connectivity index (χ1v) is 14.4. The molecular weight excluding hydrogens is 556 g/mol. The van der Waals surface area contributed by atoms with E-state index in [4.69, 9.17) is 9.47 Å². The molecule has 8 heteroatoms. The van der Waals surface area contributed by atoms with Crippen molar-refractivity contribution in [1.82, 2.24) is 10.6 Å². The summed E-state index contributed by atoms with van der Waals surface area (Å²) in [4.78, 5) is 39.7. The summed E-state index contributed by atoms with van der Waals surface area (Å²) in [6, 6.07) is 29.5. The van der Waals surface area contributed by atoms with Gasteiger partial charge >= 0.3 is 12.1 Å². The quantitative estimate of drug-likeness (QED) is 0.153. The van der Waals surface area contributed by atoms with E-state index in [1.54, 1.807) is 12.1 Å². The smallest absolute Gasteiger partial charge is 0.407 e. The molecule has 0 saturated carbocycles. The lowest BCUT2D eigenvalue weighted by Gasteiger charge is -2.23. The average molecular weight is 591 g/mol. The Labute approximate surface area is 256 Å². The summed E-state index contributed by atoms with van der Waals surface area (Å²) in [6.45, 7) is 3.65. The Morgan fingerprint density at radius 1 is 0.727 bits per heavy atom. The SMILES string of the molecule is C=CCOC(=O)[C@H](Cc1ccccc1)NC(=O)[C@H](Cc1ccc(O)cc1)NC(=O)OCC1c2ccccc2-c2ccccc21. The third kappa shape index (κ3) is 7.33. The van der Waals surface area contributed by atoms with Gasteiger partial charge in [0.2, 0.25) is 5.91 Å². The Kier molecular flexibility index (Phi) is 9.71. The molecular formula is C36H34N2O6. The standard InChI is InChI=1S/C36H34N2O6/c1-2-20-43-35(41)33(22-24-10-4-3-5-11-24)37-34(40)32(21-25-16-18-26(39)19-17-25)38-36(42)44-23-31-29-14-8-6-12-27(29)28-13-7-9-15-30(28)31/h2-19,31-33,39H,1,20-23H2,(H,37,40)(H,38,42)/t32-,33-/m0/s1. The van der Waals surface area contributed by atoms with Crippen LogP contribution < -0.4 is 10.6 Å². The highest BCUT2D eigenvalue weighted by Gasteiger charge is 2.31. The predicted molar refractivity (Wildman–Crippen MR) is 167 cm³/mol. The fraction of sp³-hybridized carbons (Fsp3) is 0.194. The third-order valence-electron chi connectivity index (χ3n) is 7.56. The molecule has 44 heavy (non-hydrogen) atoms. The Bertz CT molecular complexity index is 1570. The number of phenols is 1. The van der Waals surface area contributed by atoms with E-state index in [0.29, 0.717) is 5.56 Å². The first-order valence-electron chi connectivity index (χ1n) is 14.4. The first-order chi connectivity index (χ1) is 21.4. The summed E-state index contributed by atoms with van der Waals surface area (Å²) >= 11 is 0. The largest absolute Gasteiger partial charge is 0.508 e. The molecule has 0 radical (unpaired) electrons. The van der Waals surface area contributed by atoms with E-state index < -0.39 is 30.1 Å². The Hall–Kier alpha value is -5.37. The number of phenolic OH excluding ortho intramolecular Hbond substituents is 1. The van der Waals surface area contributed by atoms with Crippen molar-refractivity contribution in [3.8, 4) is 16.9 Å². The van der Waals surface area contributed by atoms with Crippen molar-refractivity contribution < 1.29 is 29.0 Å². The van der Waals surface area contributed by atoms with Gasteiger partial charge in [-0.25, -0.2) is 9.59 Å². The van der Waals surface area contributed by atoms with Crippen molar-refractivity contribution in [1.29, 1.82) is 0 Å². The van der Waals surface area contributed by atoms with Gasteiger partial charge in [-0.15, -0.1) is 0 Å². The molecule has 0 aliphatic heterocycles. The van der Waals surface area contributed by atoms with Crippen molar-refractivity contribution in [2.45, 2.75) is 30.8 Å². The van der Waals surface area contributed by atoms with Gasteiger partial charge in [-0.1, -0.05) is 104 Å². The zero-order chi connectivity index (χ0) is 30.9. The summed E-state index contributed by atoms with van der Waals surface area (Å²) in [5.74, 6) is -1.27.